The number of nitrogens with zero attached hydrogens (tertiary/aromatic N) is 1. The molecule has 1 aliphatic heterocycles. The Hall–Kier alpha value is -1.40. The first kappa shape index (κ1) is 11.7. The second kappa shape index (κ2) is 4.41. The van der Waals surface area contributed by atoms with Gasteiger partial charge in [0.25, 0.3) is 0 Å². The highest BCUT2D eigenvalue weighted by atomic mass is 16.8. The molecule has 6 nitrogen and oxygen atoms in total. The van der Waals surface area contributed by atoms with Crippen LogP contribution in [-0.4, -0.2) is 48.0 Å². The predicted molar refractivity (Wildman–Crippen MR) is 51.4 cm³/mol. The van der Waals surface area contributed by atoms with Crippen LogP contribution < -0.4 is 5.32 Å². The minimum absolute atomic E-state index is 0.0604. The SMILES string of the molecule is C=C(C)C(=O)O[N+]1(CCO)CCNC1=O. The lowest BCUT2D eigenvalue weighted by molar-refractivity contribution is -1.02. The van der Waals surface area contributed by atoms with Crippen molar-refractivity contribution in [1.82, 2.24) is 5.32 Å². The number of aliphatic hydroxyl groups is 1. The highest BCUT2D eigenvalue weighted by Gasteiger charge is 2.46. The van der Waals surface area contributed by atoms with E-state index in [9.17, 15) is 9.59 Å². The van der Waals surface area contributed by atoms with Crippen LogP contribution in [-0.2, 0) is 9.63 Å². The quantitative estimate of drug-likeness (QED) is 0.492. The van der Waals surface area contributed by atoms with Crippen LogP contribution in [0.25, 0.3) is 0 Å². The minimum Gasteiger partial charge on any atom is -0.390 e. The van der Waals surface area contributed by atoms with Crippen LogP contribution in [0.1, 0.15) is 6.92 Å². The van der Waals surface area contributed by atoms with Gasteiger partial charge in [-0.2, -0.15) is 0 Å². The van der Waals surface area contributed by atoms with Gasteiger partial charge in [0.15, 0.2) is 6.54 Å². The third kappa shape index (κ3) is 2.34. The molecule has 0 saturated carbocycles. The van der Waals surface area contributed by atoms with Gasteiger partial charge in [-0.05, 0) is 11.6 Å². The van der Waals surface area contributed by atoms with Gasteiger partial charge in [0, 0.05) is 5.57 Å². The summed E-state index contributed by atoms with van der Waals surface area (Å²) in [4.78, 5) is 27.9. The van der Waals surface area contributed by atoms with Crippen molar-refractivity contribution >= 4 is 12.0 Å². The minimum atomic E-state index is -0.625. The van der Waals surface area contributed by atoms with Crippen LogP contribution in [0.15, 0.2) is 12.2 Å². The van der Waals surface area contributed by atoms with Gasteiger partial charge in [-0.15, -0.1) is 0 Å². The zero-order valence-electron chi connectivity index (χ0n) is 8.65. The molecule has 0 spiro atoms. The van der Waals surface area contributed by atoms with Crippen molar-refractivity contribution in [3.63, 3.8) is 0 Å². The topological polar surface area (TPSA) is 75.6 Å². The van der Waals surface area contributed by atoms with Crippen molar-refractivity contribution in [1.29, 1.82) is 0 Å². The van der Waals surface area contributed by atoms with E-state index in [1.807, 2.05) is 0 Å². The van der Waals surface area contributed by atoms with Crippen LogP contribution in [0.2, 0.25) is 0 Å². The largest absolute Gasteiger partial charge is 0.458 e. The van der Waals surface area contributed by atoms with Crippen LogP contribution >= 0.6 is 0 Å². The summed E-state index contributed by atoms with van der Waals surface area (Å²) in [6, 6.07) is -0.404. The molecule has 0 bridgehead atoms. The molecule has 6 heteroatoms. The van der Waals surface area contributed by atoms with Crippen molar-refractivity contribution in [2.24, 2.45) is 0 Å². The first-order valence-corrected chi connectivity index (χ1v) is 4.67. The average molecular weight is 215 g/mol. The number of carbonyl (C=O) groups is 2. The molecule has 0 aromatic carbocycles. The fourth-order valence-corrected chi connectivity index (χ4v) is 1.33. The Morgan fingerprint density at radius 1 is 1.73 bits per heavy atom. The molecule has 1 saturated heterocycles. The molecular formula is C9H15N2O4+. The van der Waals surface area contributed by atoms with Crippen molar-refractivity contribution in [2.45, 2.75) is 6.92 Å². The molecule has 1 aliphatic rings. The summed E-state index contributed by atoms with van der Waals surface area (Å²) in [5, 5.41) is 11.4. The Morgan fingerprint density at radius 3 is 2.80 bits per heavy atom. The second-order valence-electron chi connectivity index (χ2n) is 3.45. The van der Waals surface area contributed by atoms with Crippen molar-refractivity contribution in [3.05, 3.63) is 12.2 Å². The standard InChI is InChI=1S/C9H14N2O4/c1-7(2)8(13)15-11(5-6-12)4-3-10-9(11)14/h12H,1,3-6H2,2H3/p+1. The van der Waals surface area contributed by atoms with Crippen LogP contribution in [0.3, 0.4) is 0 Å². The van der Waals surface area contributed by atoms with E-state index < -0.39 is 16.6 Å². The van der Waals surface area contributed by atoms with Gasteiger partial charge >= 0.3 is 12.0 Å². The van der Waals surface area contributed by atoms with Gasteiger partial charge in [-0.3, -0.25) is 10.2 Å². The summed E-state index contributed by atoms with van der Waals surface area (Å²) in [5.41, 5.74) is 0.227. The number of aliphatic hydroxyl groups excluding tert-OH is 1. The lowest BCUT2D eigenvalue weighted by Crippen LogP contribution is -2.53. The Balaban J connectivity index is 2.78. The molecule has 1 atom stereocenters. The van der Waals surface area contributed by atoms with E-state index in [2.05, 4.69) is 11.9 Å². The van der Waals surface area contributed by atoms with Crippen LogP contribution in [0.5, 0.6) is 0 Å². The van der Waals surface area contributed by atoms with E-state index in [0.29, 0.717) is 13.1 Å². The zero-order valence-corrected chi connectivity index (χ0v) is 8.65. The normalized spacial score (nSPS) is 24.8. The second-order valence-corrected chi connectivity index (χ2v) is 3.45. The number of urea groups is 1. The summed E-state index contributed by atoms with van der Waals surface area (Å²) in [6.45, 7) is 5.54. The first-order chi connectivity index (χ1) is 7.02. The Labute approximate surface area is 87.7 Å². The fourth-order valence-electron chi connectivity index (χ4n) is 1.33. The maximum absolute atomic E-state index is 11.5. The van der Waals surface area contributed by atoms with Gasteiger partial charge in [0.05, 0.1) is 13.2 Å². The first-order valence-electron chi connectivity index (χ1n) is 4.67. The maximum atomic E-state index is 11.5. The number of nitrogens with one attached hydrogen (secondary N) is 1. The monoisotopic (exact) mass is 215 g/mol. The highest BCUT2D eigenvalue weighted by molar-refractivity contribution is 5.87. The maximum Gasteiger partial charge on any atom is 0.458 e. The number of amides is 2. The third-order valence-corrected chi connectivity index (χ3v) is 2.19. The van der Waals surface area contributed by atoms with E-state index in [4.69, 9.17) is 9.94 Å². The molecule has 84 valence electrons. The number of rotatable bonds is 4. The van der Waals surface area contributed by atoms with E-state index in [0.717, 1.165) is 0 Å². The molecule has 0 aromatic rings. The molecule has 0 radical (unpaired) electrons. The van der Waals surface area contributed by atoms with Gasteiger partial charge < -0.3 is 5.11 Å². The van der Waals surface area contributed by atoms with E-state index in [1.165, 1.54) is 6.92 Å². The van der Waals surface area contributed by atoms with Crippen LogP contribution in [0.4, 0.5) is 4.79 Å². The third-order valence-electron chi connectivity index (χ3n) is 2.19. The van der Waals surface area contributed by atoms with Gasteiger partial charge in [-0.1, -0.05) is 6.58 Å². The molecule has 2 N–H and O–H groups in total. The Kier molecular flexibility index (Phi) is 3.43. The van der Waals surface area contributed by atoms with E-state index in [-0.39, 0.29) is 18.7 Å². The van der Waals surface area contributed by atoms with Crippen molar-refractivity contribution < 1.29 is 24.2 Å². The summed E-state index contributed by atoms with van der Waals surface area (Å²) in [5.74, 6) is -0.625. The molecule has 1 fully saturated rings. The number of hydrogen-bond acceptors (Lipinski definition) is 4. The summed E-state index contributed by atoms with van der Waals surface area (Å²) < 4.78 is -0.498. The summed E-state index contributed by atoms with van der Waals surface area (Å²) >= 11 is 0. The van der Waals surface area contributed by atoms with Crippen molar-refractivity contribution in [3.8, 4) is 0 Å². The summed E-state index contributed by atoms with van der Waals surface area (Å²) in [7, 11) is 0. The lowest BCUT2D eigenvalue weighted by atomic mass is 10.4. The molecule has 1 heterocycles. The van der Waals surface area contributed by atoms with E-state index >= 15 is 0 Å². The van der Waals surface area contributed by atoms with Gasteiger partial charge in [-0.25, -0.2) is 9.59 Å². The highest BCUT2D eigenvalue weighted by Crippen LogP contribution is 2.15. The lowest BCUT2D eigenvalue weighted by Gasteiger charge is -2.25. The summed E-state index contributed by atoms with van der Waals surface area (Å²) in [6.07, 6.45) is 0. The molecular weight excluding hydrogens is 200 g/mol. The van der Waals surface area contributed by atoms with Gasteiger partial charge in [0.1, 0.15) is 6.54 Å². The molecule has 1 unspecified atom stereocenters. The zero-order chi connectivity index (χ0) is 11.5. The number of carbonyl (C=O) groups excluding carboxylic acids is 2. The molecule has 2 amide bonds. The number of hydroxylamine groups is 3. The smallest absolute Gasteiger partial charge is 0.390 e. The van der Waals surface area contributed by atoms with E-state index in [1.54, 1.807) is 0 Å². The average Bonchev–Trinajstić information content (AvgIpc) is 2.48. The molecule has 0 aromatic heterocycles. The Bertz CT molecular complexity index is 302. The molecule has 1 rings (SSSR count). The molecule has 0 aliphatic carbocycles. The van der Waals surface area contributed by atoms with Crippen molar-refractivity contribution in [2.75, 3.05) is 26.2 Å². The number of hydrogen-bond donors (Lipinski definition) is 2. The molecule has 15 heavy (non-hydrogen) atoms. The fraction of sp³-hybridized carbons (Fsp3) is 0.556. The predicted octanol–water partition coefficient (Wildman–Crippen LogP) is -0.447. The Morgan fingerprint density at radius 2 is 2.40 bits per heavy atom. The van der Waals surface area contributed by atoms with Gasteiger partial charge in [0.2, 0.25) is 0 Å². The van der Waals surface area contributed by atoms with Crippen LogP contribution in [0, 0.1) is 0 Å². The number of quaternary nitrogens is 1.